The summed E-state index contributed by atoms with van der Waals surface area (Å²) < 4.78 is 1.88. The lowest BCUT2D eigenvalue weighted by atomic mass is 10.4. The Labute approximate surface area is 55.4 Å². The molecule has 38 valence electrons. The largest absolute Gasteiger partial charge is 0.361 e. The van der Waals surface area contributed by atoms with Crippen LogP contribution in [0.15, 0.2) is 15.0 Å². The zero-order valence-electron chi connectivity index (χ0n) is 3.60. The van der Waals surface area contributed by atoms with Crippen molar-refractivity contribution in [3.63, 3.8) is 0 Å². The molecular formula is C4H4INO. The Kier molecular flexibility index (Phi) is 1.67. The van der Waals surface area contributed by atoms with Gasteiger partial charge in [0.15, 0.2) is 0 Å². The molecule has 0 radical (unpaired) electrons. The molecule has 0 N–H and O–H groups in total. The summed E-state index contributed by atoms with van der Waals surface area (Å²) in [6.45, 7) is 0. The van der Waals surface area contributed by atoms with Gasteiger partial charge in [0.1, 0.15) is 5.76 Å². The van der Waals surface area contributed by atoms with Crippen LogP contribution in [-0.2, 0) is 4.84 Å². The average Bonchev–Trinajstić information content (AvgIpc) is 2.14. The van der Waals surface area contributed by atoms with Crippen LogP contribution in [0, 0.1) is 0 Å². The van der Waals surface area contributed by atoms with Gasteiger partial charge in [-0.25, -0.2) is 0 Å². The van der Waals surface area contributed by atoms with E-state index in [1.165, 1.54) is 0 Å². The third-order valence-corrected chi connectivity index (χ3v) is 1.35. The highest BCUT2D eigenvalue weighted by Gasteiger charge is 1.99. The van der Waals surface area contributed by atoms with Crippen LogP contribution in [0.2, 0.25) is 0 Å². The first-order chi connectivity index (χ1) is 3.43. The lowest BCUT2D eigenvalue weighted by Crippen LogP contribution is -1.71. The van der Waals surface area contributed by atoms with Gasteiger partial charge in [-0.3, -0.25) is 0 Å². The van der Waals surface area contributed by atoms with Crippen LogP contribution < -0.4 is 0 Å². The molecule has 7 heavy (non-hydrogen) atoms. The van der Waals surface area contributed by atoms with Crippen molar-refractivity contribution in [1.29, 1.82) is 0 Å². The predicted molar refractivity (Wildman–Crippen MR) is 36.3 cm³/mol. The Morgan fingerprint density at radius 3 is 3.14 bits per heavy atom. The van der Waals surface area contributed by atoms with Crippen LogP contribution in [0.5, 0.6) is 0 Å². The van der Waals surface area contributed by atoms with Gasteiger partial charge >= 0.3 is 0 Å². The van der Waals surface area contributed by atoms with Crippen molar-refractivity contribution in [2.75, 3.05) is 0 Å². The Bertz CT molecular complexity index is 109. The molecule has 0 aromatic heterocycles. The molecule has 0 aromatic carbocycles. The van der Waals surface area contributed by atoms with Crippen LogP contribution >= 0.6 is 22.6 Å². The second-order valence-electron chi connectivity index (χ2n) is 1.16. The Hall–Kier alpha value is -0.0600. The number of halogens is 1. The molecule has 3 heteroatoms. The first kappa shape index (κ1) is 5.08. The number of oxime groups is 1. The van der Waals surface area contributed by atoms with Crippen molar-refractivity contribution in [2.45, 2.75) is 6.42 Å². The highest BCUT2D eigenvalue weighted by atomic mass is 127. The van der Waals surface area contributed by atoms with Crippen molar-refractivity contribution in [2.24, 2.45) is 5.16 Å². The first-order valence-electron chi connectivity index (χ1n) is 1.91. The van der Waals surface area contributed by atoms with E-state index in [-0.39, 0.29) is 0 Å². The summed E-state index contributed by atoms with van der Waals surface area (Å²) in [5, 5.41) is 3.54. The van der Waals surface area contributed by atoms with E-state index < -0.39 is 0 Å². The summed E-state index contributed by atoms with van der Waals surface area (Å²) >= 11 is 2.12. The van der Waals surface area contributed by atoms with Gasteiger partial charge in [-0.05, 0) is 22.6 Å². The number of rotatable bonds is 0. The first-order valence-corrected chi connectivity index (χ1v) is 3.16. The van der Waals surface area contributed by atoms with Crippen molar-refractivity contribution in [3.05, 3.63) is 9.84 Å². The standard InChI is InChI=1S/C4H4INO/c5-3-4-1-2-6-7-4/h2-3H,1H2/b4-3+. The van der Waals surface area contributed by atoms with E-state index in [9.17, 15) is 0 Å². The van der Waals surface area contributed by atoms with E-state index >= 15 is 0 Å². The number of allylic oxidation sites excluding steroid dienone is 1. The fourth-order valence-corrected chi connectivity index (χ4v) is 0.702. The molecular weight excluding hydrogens is 205 g/mol. The minimum Gasteiger partial charge on any atom is -0.361 e. The molecule has 0 bridgehead atoms. The van der Waals surface area contributed by atoms with Gasteiger partial charge in [-0.1, -0.05) is 5.16 Å². The fourth-order valence-electron chi connectivity index (χ4n) is 0.334. The summed E-state index contributed by atoms with van der Waals surface area (Å²) in [4.78, 5) is 4.73. The molecule has 1 aliphatic rings. The lowest BCUT2D eigenvalue weighted by Gasteiger charge is -1.85. The van der Waals surface area contributed by atoms with Crippen molar-refractivity contribution in [1.82, 2.24) is 0 Å². The van der Waals surface area contributed by atoms with Crippen LogP contribution in [0.25, 0.3) is 0 Å². The molecule has 1 rings (SSSR count). The Morgan fingerprint density at radius 1 is 2.00 bits per heavy atom. The summed E-state index contributed by atoms with van der Waals surface area (Å²) in [7, 11) is 0. The monoisotopic (exact) mass is 209 g/mol. The van der Waals surface area contributed by atoms with Crippen molar-refractivity contribution < 1.29 is 4.84 Å². The van der Waals surface area contributed by atoms with Gasteiger partial charge in [0.25, 0.3) is 0 Å². The molecule has 2 nitrogen and oxygen atoms in total. The minimum atomic E-state index is 0.850. The van der Waals surface area contributed by atoms with E-state index in [0.717, 1.165) is 12.2 Å². The third-order valence-electron chi connectivity index (χ3n) is 0.659. The van der Waals surface area contributed by atoms with E-state index in [1.807, 2.05) is 4.08 Å². The van der Waals surface area contributed by atoms with Gasteiger partial charge in [-0.2, -0.15) is 0 Å². The summed E-state index contributed by atoms with van der Waals surface area (Å²) in [6.07, 6.45) is 2.59. The maximum Gasteiger partial charge on any atom is 0.146 e. The molecule has 1 heterocycles. The van der Waals surface area contributed by atoms with Gasteiger partial charge in [0, 0.05) is 10.5 Å². The highest BCUT2D eigenvalue weighted by Crippen LogP contribution is 2.10. The van der Waals surface area contributed by atoms with Crippen molar-refractivity contribution in [3.8, 4) is 0 Å². The molecule has 0 aromatic rings. The maximum atomic E-state index is 4.73. The number of nitrogens with zero attached hydrogens (tertiary/aromatic N) is 1. The molecule has 0 spiro atoms. The second-order valence-corrected chi connectivity index (χ2v) is 1.78. The Morgan fingerprint density at radius 2 is 2.86 bits per heavy atom. The lowest BCUT2D eigenvalue weighted by molar-refractivity contribution is 0.246. The van der Waals surface area contributed by atoms with Gasteiger partial charge in [0.2, 0.25) is 0 Å². The maximum absolute atomic E-state index is 4.73. The molecule has 0 aliphatic carbocycles. The fraction of sp³-hybridized carbons (Fsp3) is 0.250. The van der Waals surface area contributed by atoms with E-state index in [4.69, 9.17) is 4.84 Å². The molecule has 0 unspecified atom stereocenters. The van der Waals surface area contributed by atoms with Gasteiger partial charge in [-0.15, -0.1) is 0 Å². The summed E-state index contributed by atoms with van der Waals surface area (Å²) in [5.74, 6) is 0.931. The molecule has 0 atom stereocenters. The van der Waals surface area contributed by atoms with Gasteiger partial charge in [0.05, 0.1) is 6.21 Å². The van der Waals surface area contributed by atoms with Crippen molar-refractivity contribution >= 4 is 28.8 Å². The molecule has 0 amide bonds. The molecule has 0 saturated carbocycles. The van der Waals surface area contributed by atoms with Crippen LogP contribution in [-0.4, -0.2) is 6.21 Å². The predicted octanol–water partition coefficient (Wildman–Crippen LogP) is 1.67. The molecule has 0 fully saturated rings. The SMILES string of the molecule is I/C=C1\CC=NO1. The quantitative estimate of drug-likeness (QED) is 0.556. The summed E-state index contributed by atoms with van der Waals surface area (Å²) in [5.41, 5.74) is 0. The zero-order valence-corrected chi connectivity index (χ0v) is 5.75. The summed E-state index contributed by atoms with van der Waals surface area (Å²) in [6, 6.07) is 0. The normalized spacial score (nSPS) is 23.3. The Balaban J connectivity index is 2.51. The van der Waals surface area contributed by atoms with Crippen LogP contribution in [0.3, 0.4) is 0 Å². The smallest absolute Gasteiger partial charge is 0.146 e. The highest BCUT2D eigenvalue weighted by molar-refractivity contribution is 14.1. The topological polar surface area (TPSA) is 21.6 Å². The van der Waals surface area contributed by atoms with E-state index in [2.05, 4.69) is 27.7 Å². The zero-order chi connectivity index (χ0) is 5.11. The van der Waals surface area contributed by atoms with E-state index in [0.29, 0.717) is 0 Å². The van der Waals surface area contributed by atoms with E-state index in [1.54, 1.807) is 6.21 Å². The second kappa shape index (κ2) is 2.30. The van der Waals surface area contributed by atoms with Crippen LogP contribution in [0.4, 0.5) is 0 Å². The minimum absolute atomic E-state index is 0.850. The molecule has 0 saturated heterocycles. The number of hydrogen-bond acceptors (Lipinski definition) is 2. The molecule has 1 aliphatic heterocycles. The average molecular weight is 209 g/mol. The third kappa shape index (κ3) is 1.15. The van der Waals surface area contributed by atoms with Gasteiger partial charge < -0.3 is 4.84 Å². The van der Waals surface area contributed by atoms with Crippen LogP contribution in [0.1, 0.15) is 6.42 Å². The number of hydrogen-bond donors (Lipinski definition) is 0.